The maximum absolute atomic E-state index is 14.4. The molecule has 2 fully saturated rings. The summed E-state index contributed by atoms with van der Waals surface area (Å²) in [5, 5.41) is 0. The minimum Gasteiger partial charge on any atom is -0.444 e. The van der Waals surface area contributed by atoms with E-state index in [4.69, 9.17) is 4.74 Å². The Kier molecular flexibility index (Phi) is 4.64. The Morgan fingerprint density at radius 3 is 2.61 bits per heavy atom. The van der Waals surface area contributed by atoms with Crippen molar-refractivity contribution in [3.05, 3.63) is 53.6 Å². The molecule has 2 aliphatic heterocycles. The van der Waals surface area contributed by atoms with Crippen LogP contribution in [-0.2, 0) is 4.74 Å². The summed E-state index contributed by atoms with van der Waals surface area (Å²) >= 11 is 0. The second-order valence-electron chi connectivity index (χ2n) is 9.00. The van der Waals surface area contributed by atoms with Gasteiger partial charge in [0, 0.05) is 29.8 Å². The van der Waals surface area contributed by atoms with Gasteiger partial charge in [-0.2, -0.15) is 4.39 Å². The van der Waals surface area contributed by atoms with E-state index in [1.54, 1.807) is 6.20 Å². The van der Waals surface area contributed by atoms with Gasteiger partial charge in [-0.3, -0.25) is 0 Å². The number of aromatic nitrogens is 1. The van der Waals surface area contributed by atoms with Crippen molar-refractivity contribution in [3.63, 3.8) is 0 Å². The van der Waals surface area contributed by atoms with E-state index in [-0.39, 0.29) is 24.1 Å². The molecule has 1 aromatic carbocycles. The highest BCUT2D eigenvalue weighted by Gasteiger charge is 2.50. The third-order valence-corrected chi connectivity index (χ3v) is 5.79. The van der Waals surface area contributed by atoms with Crippen LogP contribution in [0.3, 0.4) is 0 Å². The standard InChI is InChI=1S/C23H27FN2O2/c1-14-5-7-15(8-6-14)19-11-16(13-25-21(19)24)18-12-17-9-10-20(18)26(17)22(27)28-23(2,3)4/h5-8,11,13,17-18,20H,9-10,12H2,1-4H3. The number of pyridine rings is 1. The summed E-state index contributed by atoms with van der Waals surface area (Å²) in [6.45, 7) is 7.67. The molecular weight excluding hydrogens is 355 g/mol. The Hall–Kier alpha value is -2.43. The first-order valence-corrected chi connectivity index (χ1v) is 9.97. The van der Waals surface area contributed by atoms with E-state index < -0.39 is 11.5 Å². The number of rotatable bonds is 2. The number of carbonyl (C=O) groups excluding carboxylic acids is 1. The van der Waals surface area contributed by atoms with Gasteiger partial charge in [0.2, 0.25) is 5.95 Å². The van der Waals surface area contributed by atoms with Crippen molar-refractivity contribution in [3.8, 4) is 11.1 Å². The van der Waals surface area contributed by atoms with E-state index in [2.05, 4.69) is 4.98 Å². The van der Waals surface area contributed by atoms with Gasteiger partial charge >= 0.3 is 6.09 Å². The number of amides is 1. The van der Waals surface area contributed by atoms with Crippen LogP contribution in [0.15, 0.2) is 36.5 Å². The van der Waals surface area contributed by atoms with Gasteiger partial charge in [0.1, 0.15) is 5.60 Å². The van der Waals surface area contributed by atoms with E-state index >= 15 is 0 Å². The molecule has 28 heavy (non-hydrogen) atoms. The molecule has 0 N–H and O–H groups in total. The van der Waals surface area contributed by atoms with Crippen LogP contribution >= 0.6 is 0 Å². The molecule has 1 aromatic heterocycles. The Morgan fingerprint density at radius 1 is 1.21 bits per heavy atom. The Labute approximate surface area is 165 Å². The lowest BCUT2D eigenvalue weighted by molar-refractivity contribution is 0.0213. The van der Waals surface area contributed by atoms with Gasteiger partial charge in [-0.05, 0) is 64.2 Å². The highest BCUT2D eigenvalue weighted by molar-refractivity contribution is 5.71. The van der Waals surface area contributed by atoms with E-state index in [1.165, 1.54) is 0 Å². The summed E-state index contributed by atoms with van der Waals surface area (Å²) in [6.07, 6.45) is 4.22. The zero-order valence-corrected chi connectivity index (χ0v) is 16.9. The Balaban J connectivity index is 1.61. The summed E-state index contributed by atoms with van der Waals surface area (Å²) in [5.41, 5.74) is 2.96. The number of ether oxygens (including phenoxy) is 1. The summed E-state index contributed by atoms with van der Waals surface area (Å²) in [7, 11) is 0. The molecule has 0 saturated carbocycles. The fourth-order valence-corrected chi connectivity index (χ4v) is 4.55. The van der Waals surface area contributed by atoms with Crippen molar-refractivity contribution < 1.29 is 13.9 Å². The van der Waals surface area contributed by atoms with Gasteiger partial charge in [0.05, 0.1) is 0 Å². The Morgan fingerprint density at radius 2 is 1.93 bits per heavy atom. The van der Waals surface area contributed by atoms with Crippen LogP contribution < -0.4 is 0 Å². The number of halogens is 1. The molecule has 2 saturated heterocycles. The van der Waals surface area contributed by atoms with E-state index in [9.17, 15) is 9.18 Å². The minimum absolute atomic E-state index is 0.0954. The molecule has 2 bridgehead atoms. The molecule has 1 amide bonds. The average Bonchev–Trinajstić information content (AvgIpc) is 3.20. The van der Waals surface area contributed by atoms with Crippen molar-refractivity contribution in [2.45, 2.75) is 70.6 Å². The maximum Gasteiger partial charge on any atom is 0.410 e. The number of hydrogen-bond acceptors (Lipinski definition) is 3. The van der Waals surface area contributed by atoms with Crippen molar-refractivity contribution in [2.24, 2.45) is 0 Å². The van der Waals surface area contributed by atoms with Crippen molar-refractivity contribution in [1.82, 2.24) is 9.88 Å². The van der Waals surface area contributed by atoms with Crippen LogP contribution in [0.4, 0.5) is 9.18 Å². The maximum atomic E-state index is 14.4. The molecule has 2 aromatic rings. The quantitative estimate of drug-likeness (QED) is 0.649. The van der Waals surface area contributed by atoms with Crippen LogP contribution in [0.1, 0.15) is 57.1 Å². The molecule has 0 aliphatic carbocycles. The zero-order valence-electron chi connectivity index (χ0n) is 16.9. The SMILES string of the molecule is Cc1ccc(-c2cc(C3CC4CCC3N4C(=O)OC(C)(C)C)cnc2F)cc1. The Bertz CT molecular complexity index is 888. The molecule has 4 rings (SSSR count). The molecule has 2 aliphatic rings. The first-order chi connectivity index (χ1) is 13.2. The van der Waals surface area contributed by atoms with Crippen LogP contribution in [-0.4, -0.2) is 33.7 Å². The van der Waals surface area contributed by atoms with Gasteiger partial charge in [-0.15, -0.1) is 0 Å². The van der Waals surface area contributed by atoms with Gasteiger partial charge in [0.25, 0.3) is 0 Å². The predicted molar refractivity (Wildman–Crippen MR) is 107 cm³/mol. The van der Waals surface area contributed by atoms with Crippen LogP contribution in [0.2, 0.25) is 0 Å². The van der Waals surface area contributed by atoms with E-state index in [1.807, 2.05) is 62.9 Å². The molecule has 3 atom stereocenters. The predicted octanol–water partition coefficient (Wildman–Crippen LogP) is 5.45. The number of fused-ring (bicyclic) bond motifs is 2. The minimum atomic E-state index is -0.509. The second kappa shape index (κ2) is 6.87. The molecule has 3 unspecified atom stereocenters. The number of carbonyl (C=O) groups is 1. The first-order valence-electron chi connectivity index (χ1n) is 9.97. The molecule has 3 heterocycles. The summed E-state index contributed by atoms with van der Waals surface area (Å²) in [5.74, 6) is -0.289. The van der Waals surface area contributed by atoms with Gasteiger partial charge in [0.15, 0.2) is 0 Å². The molecule has 0 radical (unpaired) electrons. The molecule has 5 heteroatoms. The average molecular weight is 382 g/mol. The molecule has 148 valence electrons. The molecular formula is C23H27FN2O2. The largest absolute Gasteiger partial charge is 0.444 e. The fraction of sp³-hybridized carbons (Fsp3) is 0.478. The first kappa shape index (κ1) is 18.9. The summed E-state index contributed by atoms with van der Waals surface area (Å²) in [4.78, 5) is 18.6. The highest BCUT2D eigenvalue weighted by Crippen LogP contribution is 2.47. The lowest BCUT2D eigenvalue weighted by Gasteiger charge is -2.28. The van der Waals surface area contributed by atoms with Gasteiger partial charge in [-0.1, -0.05) is 29.8 Å². The third kappa shape index (κ3) is 3.50. The summed E-state index contributed by atoms with van der Waals surface area (Å²) < 4.78 is 20.0. The lowest BCUT2D eigenvalue weighted by Crippen LogP contribution is -2.40. The highest BCUT2D eigenvalue weighted by atomic mass is 19.1. The molecule has 4 nitrogen and oxygen atoms in total. The van der Waals surface area contributed by atoms with Crippen LogP contribution in [0, 0.1) is 12.9 Å². The van der Waals surface area contributed by atoms with Gasteiger partial charge < -0.3 is 9.64 Å². The van der Waals surface area contributed by atoms with Crippen molar-refractivity contribution in [1.29, 1.82) is 0 Å². The smallest absolute Gasteiger partial charge is 0.410 e. The van der Waals surface area contributed by atoms with Crippen LogP contribution in [0.5, 0.6) is 0 Å². The monoisotopic (exact) mass is 382 g/mol. The topological polar surface area (TPSA) is 42.4 Å². The van der Waals surface area contributed by atoms with Crippen molar-refractivity contribution in [2.75, 3.05) is 0 Å². The number of hydrogen-bond donors (Lipinski definition) is 0. The number of nitrogens with zero attached hydrogens (tertiary/aromatic N) is 2. The lowest BCUT2D eigenvalue weighted by atomic mass is 9.84. The second-order valence-corrected chi connectivity index (χ2v) is 9.00. The third-order valence-electron chi connectivity index (χ3n) is 5.79. The van der Waals surface area contributed by atoms with E-state index in [0.29, 0.717) is 5.56 Å². The molecule has 0 spiro atoms. The van der Waals surface area contributed by atoms with Crippen LogP contribution in [0.25, 0.3) is 11.1 Å². The number of benzene rings is 1. The zero-order chi connectivity index (χ0) is 20.1. The summed E-state index contributed by atoms with van der Waals surface area (Å²) in [6, 6.07) is 9.99. The van der Waals surface area contributed by atoms with E-state index in [0.717, 1.165) is 36.0 Å². The van der Waals surface area contributed by atoms with Gasteiger partial charge in [-0.25, -0.2) is 9.78 Å². The number of aryl methyl sites for hydroxylation is 1. The van der Waals surface area contributed by atoms with Crippen molar-refractivity contribution >= 4 is 6.09 Å². The fourth-order valence-electron chi connectivity index (χ4n) is 4.55. The normalized spacial score (nSPS) is 23.9.